The Balaban J connectivity index is 2.04. The lowest BCUT2D eigenvalue weighted by atomic mass is 9.83. The van der Waals surface area contributed by atoms with E-state index < -0.39 is 0 Å². The van der Waals surface area contributed by atoms with Crippen molar-refractivity contribution < 1.29 is 4.79 Å². The molecule has 2 aromatic carbocycles. The van der Waals surface area contributed by atoms with E-state index in [9.17, 15) is 4.79 Å². The second-order valence-corrected chi connectivity index (χ2v) is 6.12. The fourth-order valence-corrected chi connectivity index (χ4v) is 3.48. The summed E-state index contributed by atoms with van der Waals surface area (Å²) in [5.74, 6) is -0.180. The largest absolute Gasteiger partial charge is 0.369 e. The maximum Gasteiger partial charge on any atom is 0.229 e. The molecule has 2 N–H and O–H groups in total. The minimum atomic E-state index is -0.372. The Kier molecular flexibility index (Phi) is 4.25. The molecule has 1 amide bonds. The smallest absolute Gasteiger partial charge is 0.229 e. The number of carbonyl (C=O) groups is 1. The summed E-state index contributed by atoms with van der Waals surface area (Å²) in [4.78, 5) is 14.5. The molecular formula is C19H22N2O. The molecule has 1 fully saturated rings. The van der Waals surface area contributed by atoms with Gasteiger partial charge in [0.25, 0.3) is 0 Å². The summed E-state index contributed by atoms with van der Waals surface area (Å²) in [6.45, 7) is 2.14. The molecular weight excluding hydrogens is 272 g/mol. The van der Waals surface area contributed by atoms with E-state index in [1.807, 2.05) is 36.4 Å². The zero-order valence-electron chi connectivity index (χ0n) is 12.9. The van der Waals surface area contributed by atoms with E-state index in [0.717, 1.165) is 30.6 Å². The molecule has 1 aliphatic heterocycles. The van der Waals surface area contributed by atoms with Crippen LogP contribution in [0.5, 0.6) is 0 Å². The summed E-state index contributed by atoms with van der Waals surface area (Å²) in [7, 11) is 2.14. The van der Waals surface area contributed by atoms with Crippen LogP contribution in [0.4, 0.5) is 0 Å². The quantitative estimate of drug-likeness (QED) is 0.942. The molecule has 2 aromatic rings. The van der Waals surface area contributed by atoms with Crippen LogP contribution in [0.1, 0.15) is 34.9 Å². The third kappa shape index (κ3) is 2.90. The van der Waals surface area contributed by atoms with E-state index in [1.165, 1.54) is 5.56 Å². The molecule has 0 aliphatic carbocycles. The van der Waals surface area contributed by atoms with Gasteiger partial charge in [-0.05, 0) is 42.6 Å². The maximum absolute atomic E-state index is 12.1. The van der Waals surface area contributed by atoms with Crippen LogP contribution in [-0.2, 0) is 4.79 Å². The van der Waals surface area contributed by atoms with Crippen LogP contribution in [0.15, 0.2) is 54.6 Å². The first kappa shape index (κ1) is 14.8. The first-order chi connectivity index (χ1) is 10.7. The van der Waals surface area contributed by atoms with Gasteiger partial charge in [0.05, 0.1) is 5.92 Å². The molecule has 1 saturated heterocycles. The molecule has 3 rings (SSSR count). The van der Waals surface area contributed by atoms with Gasteiger partial charge >= 0.3 is 0 Å². The summed E-state index contributed by atoms with van der Waals surface area (Å²) in [5.41, 5.74) is 9.03. The van der Waals surface area contributed by atoms with Crippen LogP contribution in [0.2, 0.25) is 0 Å². The van der Waals surface area contributed by atoms with Crippen LogP contribution >= 0.6 is 0 Å². The Hall–Kier alpha value is -2.13. The number of likely N-dealkylation sites (N-methyl/N-ethyl adjacent to an activating group) is 1. The topological polar surface area (TPSA) is 46.3 Å². The second kappa shape index (κ2) is 6.32. The van der Waals surface area contributed by atoms with Crippen molar-refractivity contribution in [2.45, 2.75) is 18.3 Å². The molecule has 0 aromatic heterocycles. The number of nitrogens with two attached hydrogens (primary N) is 1. The zero-order chi connectivity index (χ0) is 15.5. The standard InChI is InChI=1S/C19H22N2O/c1-21-12-11-15(13-21)16-9-5-6-10-17(16)18(19(20)22)14-7-3-2-4-8-14/h2-10,15,18H,11-13H2,1H3,(H2,20,22)/t15-,18?/m1/s1. The third-order valence-electron chi connectivity index (χ3n) is 4.56. The van der Waals surface area contributed by atoms with Crippen LogP contribution < -0.4 is 5.73 Å². The molecule has 0 radical (unpaired) electrons. The van der Waals surface area contributed by atoms with Gasteiger partial charge in [-0.15, -0.1) is 0 Å². The monoisotopic (exact) mass is 294 g/mol. The summed E-state index contributed by atoms with van der Waals surface area (Å²) < 4.78 is 0. The molecule has 114 valence electrons. The Labute approximate surface area is 131 Å². The van der Waals surface area contributed by atoms with Crippen LogP contribution in [0.25, 0.3) is 0 Å². The highest BCUT2D eigenvalue weighted by Gasteiger charge is 2.28. The van der Waals surface area contributed by atoms with Gasteiger partial charge in [-0.1, -0.05) is 54.6 Å². The van der Waals surface area contributed by atoms with Gasteiger partial charge in [-0.25, -0.2) is 0 Å². The number of primary amides is 1. The van der Waals surface area contributed by atoms with Crippen LogP contribution in [-0.4, -0.2) is 30.9 Å². The van der Waals surface area contributed by atoms with Crippen molar-refractivity contribution >= 4 is 5.91 Å². The predicted molar refractivity (Wildman–Crippen MR) is 88.8 cm³/mol. The second-order valence-electron chi connectivity index (χ2n) is 6.12. The minimum absolute atomic E-state index is 0.287. The Morgan fingerprint density at radius 3 is 2.45 bits per heavy atom. The number of hydrogen-bond acceptors (Lipinski definition) is 2. The zero-order valence-corrected chi connectivity index (χ0v) is 12.9. The lowest BCUT2D eigenvalue weighted by molar-refractivity contribution is -0.118. The predicted octanol–water partition coefficient (Wildman–Crippen LogP) is 2.72. The van der Waals surface area contributed by atoms with E-state index in [-0.39, 0.29) is 11.8 Å². The highest BCUT2D eigenvalue weighted by atomic mass is 16.1. The number of likely N-dealkylation sites (tertiary alicyclic amines) is 1. The Morgan fingerprint density at radius 1 is 1.14 bits per heavy atom. The SMILES string of the molecule is CN1CC[C@@H](c2ccccc2C(C(N)=O)c2ccccc2)C1. The average molecular weight is 294 g/mol. The summed E-state index contributed by atoms with van der Waals surface area (Å²) >= 11 is 0. The molecule has 3 nitrogen and oxygen atoms in total. The summed E-state index contributed by atoms with van der Waals surface area (Å²) in [5, 5.41) is 0. The summed E-state index contributed by atoms with van der Waals surface area (Å²) in [6, 6.07) is 18.1. The lowest BCUT2D eigenvalue weighted by Crippen LogP contribution is -2.24. The van der Waals surface area contributed by atoms with Gasteiger partial charge < -0.3 is 10.6 Å². The number of hydrogen-bond donors (Lipinski definition) is 1. The molecule has 0 spiro atoms. The molecule has 1 unspecified atom stereocenters. The van der Waals surface area contributed by atoms with E-state index in [1.54, 1.807) is 0 Å². The summed E-state index contributed by atoms with van der Waals surface area (Å²) in [6.07, 6.45) is 1.13. The fraction of sp³-hybridized carbons (Fsp3) is 0.316. The van der Waals surface area contributed by atoms with Gasteiger partial charge in [0, 0.05) is 6.54 Å². The van der Waals surface area contributed by atoms with E-state index in [0.29, 0.717) is 5.92 Å². The van der Waals surface area contributed by atoms with Crippen LogP contribution in [0.3, 0.4) is 0 Å². The maximum atomic E-state index is 12.1. The van der Waals surface area contributed by atoms with Gasteiger partial charge in [0.2, 0.25) is 5.91 Å². The molecule has 0 saturated carbocycles. The van der Waals surface area contributed by atoms with E-state index >= 15 is 0 Å². The Morgan fingerprint density at radius 2 is 1.82 bits per heavy atom. The van der Waals surface area contributed by atoms with Gasteiger partial charge in [-0.3, -0.25) is 4.79 Å². The van der Waals surface area contributed by atoms with Crippen LogP contribution in [0, 0.1) is 0 Å². The number of amides is 1. The average Bonchev–Trinajstić information content (AvgIpc) is 2.95. The van der Waals surface area contributed by atoms with Crippen molar-refractivity contribution in [2.24, 2.45) is 5.73 Å². The molecule has 1 aliphatic rings. The fourth-order valence-electron chi connectivity index (χ4n) is 3.48. The molecule has 1 heterocycles. The number of benzene rings is 2. The van der Waals surface area contributed by atoms with Crippen molar-refractivity contribution in [2.75, 3.05) is 20.1 Å². The first-order valence-corrected chi connectivity index (χ1v) is 7.78. The molecule has 2 atom stereocenters. The normalized spacial score (nSPS) is 20.0. The molecule has 22 heavy (non-hydrogen) atoms. The van der Waals surface area contributed by atoms with Crippen molar-refractivity contribution in [3.63, 3.8) is 0 Å². The molecule has 3 heteroatoms. The lowest BCUT2D eigenvalue weighted by Gasteiger charge is -2.21. The van der Waals surface area contributed by atoms with Gasteiger partial charge in [0.1, 0.15) is 0 Å². The van der Waals surface area contributed by atoms with Crippen molar-refractivity contribution in [3.8, 4) is 0 Å². The third-order valence-corrected chi connectivity index (χ3v) is 4.56. The van der Waals surface area contributed by atoms with E-state index in [2.05, 4.69) is 30.1 Å². The highest BCUT2D eigenvalue weighted by Crippen LogP contribution is 2.35. The molecule has 0 bridgehead atoms. The Bertz CT molecular complexity index is 653. The minimum Gasteiger partial charge on any atom is -0.369 e. The van der Waals surface area contributed by atoms with E-state index in [4.69, 9.17) is 5.73 Å². The van der Waals surface area contributed by atoms with Gasteiger partial charge in [-0.2, -0.15) is 0 Å². The number of rotatable bonds is 4. The first-order valence-electron chi connectivity index (χ1n) is 7.78. The van der Waals surface area contributed by atoms with Crippen molar-refractivity contribution in [1.82, 2.24) is 4.90 Å². The van der Waals surface area contributed by atoms with Crippen molar-refractivity contribution in [1.29, 1.82) is 0 Å². The van der Waals surface area contributed by atoms with Crippen molar-refractivity contribution in [3.05, 3.63) is 71.3 Å². The number of nitrogens with zero attached hydrogens (tertiary/aromatic N) is 1. The van der Waals surface area contributed by atoms with Gasteiger partial charge in [0.15, 0.2) is 0 Å². The highest BCUT2D eigenvalue weighted by molar-refractivity contribution is 5.86. The number of carbonyl (C=O) groups excluding carboxylic acids is 1.